The fourth-order valence-electron chi connectivity index (χ4n) is 4.27. The molecule has 0 fully saturated rings. The Morgan fingerprint density at radius 2 is 1.14 bits per heavy atom. The van der Waals surface area contributed by atoms with Crippen molar-refractivity contribution in [1.29, 1.82) is 0 Å². The predicted molar refractivity (Wildman–Crippen MR) is 177 cm³/mol. The zero-order chi connectivity index (χ0) is 37.3. The normalized spacial score (nSPS) is 14.3. The predicted octanol–water partition coefficient (Wildman–Crippen LogP) is -3.33. The summed E-state index contributed by atoms with van der Waals surface area (Å²) < 4.78 is 0. The number of primary amides is 1. The summed E-state index contributed by atoms with van der Waals surface area (Å²) in [6.07, 6.45) is 1.26. The minimum absolute atomic E-state index is 0.0286. The smallest absolute Gasteiger partial charge is 0.243 e. The Balaban J connectivity index is 2.69. The van der Waals surface area contributed by atoms with Crippen LogP contribution in [0, 0.1) is 0 Å². The summed E-state index contributed by atoms with van der Waals surface area (Å²) in [6.45, 7) is 6.64. The molecule has 12 N–H and O–H groups in total. The molecule has 0 saturated heterocycles. The molecule has 6 atom stereocenters. The van der Waals surface area contributed by atoms with E-state index in [0.717, 1.165) is 0 Å². The number of benzene rings is 1. The Labute approximate surface area is 284 Å². The van der Waals surface area contributed by atoms with Crippen LogP contribution in [0.3, 0.4) is 0 Å². The van der Waals surface area contributed by atoms with Gasteiger partial charge in [-0.25, -0.2) is 0 Å². The molecule has 272 valence electrons. The Morgan fingerprint density at radius 1 is 0.653 bits per heavy atom. The van der Waals surface area contributed by atoms with Gasteiger partial charge in [0.05, 0.1) is 6.54 Å². The van der Waals surface area contributed by atoms with Gasteiger partial charge in [-0.1, -0.05) is 12.1 Å². The largest absolute Gasteiger partial charge is 0.508 e. The minimum Gasteiger partial charge on any atom is -0.508 e. The van der Waals surface area contributed by atoms with Gasteiger partial charge in [0, 0.05) is 13.3 Å². The van der Waals surface area contributed by atoms with Crippen LogP contribution in [0.5, 0.6) is 5.75 Å². The van der Waals surface area contributed by atoms with E-state index in [9.17, 15) is 43.5 Å². The molecule has 18 nitrogen and oxygen atoms in total. The number of carbonyl (C=O) groups excluding carboxylic acids is 8. The summed E-state index contributed by atoms with van der Waals surface area (Å²) in [4.78, 5) is 99.0. The maximum atomic E-state index is 13.1. The average molecular weight is 692 g/mol. The zero-order valence-electron chi connectivity index (χ0n) is 28.4. The fraction of sp³-hybridized carbons (Fsp3) is 0.548. The molecule has 0 heterocycles. The van der Waals surface area contributed by atoms with Gasteiger partial charge in [0.25, 0.3) is 0 Å². The number of hydrogen-bond acceptors (Lipinski definition) is 10. The molecule has 0 spiro atoms. The van der Waals surface area contributed by atoms with Crippen molar-refractivity contribution in [2.24, 2.45) is 11.5 Å². The van der Waals surface area contributed by atoms with E-state index in [1.54, 1.807) is 12.1 Å². The molecular weight excluding hydrogens is 642 g/mol. The highest BCUT2D eigenvalue weighted by Gasteiger charge is 2.28. The molecule has 0 unspecified atom stereocenters. The first-order chi connectivity index (χ1) is 22.9. The lowest BCUT2D eigenvalue weighted by Gasteiger charge is -2.24. The van der Waals surface area contributed by atoms with Gasteiger partial charge in [0.1, 0.15) is 42.0 Å². The van der Waals surface area contributed by atoms with Crippen LogP contribution in [-0.4, -0.2) is 102 Å². The average Bonchev–Trinajstić information content (AvgIpc) is 3.03. The number of unbranched alkanes of at least 4 members (excludes halogenated alkanes) is 1. The van der Waals surface area contributed by atoms with E-state index in [0.29, 0.717) is 24.9 Å². The van der Waals surface area contributed by atoms with E-state index in [-0.39, 0.29) is 18.6 Å². The minimum atomic E-state index is -1.15. The number of nitrogens with two attached hydrogens (primary N) is 2. The third-order valence-electron chi connectivity index (χ3n) is 7.13. The fourth-order valence-corrected chi connectivity index (χ4v) is 4.27. The monoisotopic (exact) mass is 691 g/mol. The van der Waals surface area contributed by atoms with Crippen LogP contribution in [0.25, 0.3) is 0 Å². The molecule has 1 aromatic rings. The molecule has 18 heteroatoms. The molecule has 49 heavy (non-hydrogen) atoms. The van der Waals surface area contributed by atoms with Gasteiger partial charge in [-0.05, 0) is 71.2 Å². The lowest BCUT2D eigenvalue weighted by molar-refractivity contribution is -0.134. The van der Waals surface area contributed by atoms with Crippen molar-refractivity contribution in [3.05, 3.63) is 29.8 Å². The first kappa shape index (κ1) is 41.8. The van der Waals surface area contributed by atoms with Gasteiger partial charge >= 0.3 is 0 Å². The molecule has 0 aliphatic rings. The molecule has 8 amide bonds. The Kier molecular flexibility index (Phi) is 17.8. The lowest BCUT2D eigenvalue weighted by Crippen LogP contribution is -2.58. The molecule has 0 aromatic heterocycles. The first-order valence-corrected chi connectivity index (χ1v) is 15.8. The van der Waals surface area contributed by atoms with E-state index < -0.39 is 90.1 Å². The topological polar surface area (TPSA) is 293 Å². The molecule has 0 saturated carbocycles. The molecule has 0 aliphatic heterocycles. The standard InChI is InChI=1S/C31H49N9O9/c1-16(27(45)34-15-25(43)39-24(26(33)44)14-21-9-11-22(42)12-10-21)36-29(47)18(3)38-31(49)23(8-6-7-13-32)40-30(48)19(4)37-28(46)17(2)35-20(5)41/h9-12,16-19,23-24,42H,6-8,13-15,32H2,1-5H3,(H2,33,44)(H,34,45)(H,35,41)(H,36,47)(H,37,46)(H,38,49)(H,39,43)(H,40,48)/t16-,17-,18-,19-,23-,24-/m0/s1. The number of phenolic OH excluding ortho intramolecular Hbond substituents is 1. The number of phenols is 1. The lowest BCUT2D eigenvalue weighted by atomic mass is 10.1. The van der Waals surface area contributed by atoms with Gasteiger partial charge < -0.3 is 53.8 Å². The van der Waals surface area contributed by atoms with Crippen molar-refractivity contribution in [2.75, 3.05) is 13.1 Å². The maximum absolute atomic E-state index is 13.1. The Bertz CT molecular complexity index is 1340. The summed E-state index contributed by atoms with van der Waals surface area (Å²) in [6, 6.07) is -0.438. The number of rotatable bonds is 20. The van der Waals surface area contributed by atoms with Crippen LogP contribution in [0.1, 0.15) is 59.4 Å². The number of hydrogen-bond donors (Lipinski definition) is 10. The van der Waals surface area contributed by atoms with Crippen LogP contribution in [-0.2, 0) is 44.8 Å². The van der Waals surface area contributed by atoms with E-state index in [1.807, 2.05) is 0 Å². The van der Waals surface area contributed by atoms with Gasteiger partial charge in [-0.2, -0.15) is 0 Å². The summed E-state index contributed by atoms with van der Waals surface area (Å²) >= 11 is 0. The SMILES string of the molecule is CC(=O)N[C@@H](C)C(=O)N[C@@H](C)C(=O)N[C@@H](CCCCN)C(=O)N[C@@H](C)C(=O)N[C@@H](C)C(=O)NCC(=O)N[C@@H](Cc1ccc(O)cc1)C(N)=O. The van der Waals surface area contributed by atoms with Crippen molar-refractivity contribution in [2.45, 2.75) is 96.6 Å². The number of aromatic hydroxyl groups is 1. The maximum Gasteiger partial charge on any atom is 0.243 e. The van der Waals surface area contributed by atoms with Crippen molar-refractivity contribution in [1.82, 2.24) is 37.2 Å². The quantitative estimate of drug-likeness (QED) is 0.0607. The van der Waals surface area contributed by atoms with E-state index in [4.69, 9.17) is 11.5 Å². The van der Waals surface area contributed by atoms with E-state index >= 15 is 0 Å². The van der Waals surface area contributed by atoms with Crippen LogP contribution < -0.4 is 48.7 Å². The highest BCUT2D eigenvalue weighted by Crippen LogP contribution is 2.11. The third-order valence-corrected chi connectivity index (χ3v) is 7.13. The number of carbonyl (C=O) groups is 8. The zero-order valence-corrected chi connectivity index (χ0v) is 28.4. The highest BCUT2D eigenvalue weighted by atomic mass is 16.3. The van der Waals surface area contributed by atoms with Crippen LogP contribution >= 0.6 is 0 Å². The molecule has 1 rings (SSSR count). The van der Waals surface area contributed by atoms with Crippen molar-refractivity contribution >= 4 is 47.3 Å². The molecular formula is C31H49N9O9. The summed E-state index contributed by atoms with van der Waals surface area (Å²) in [5.74, 6) is -5.35. The van der Waals surface area contributed by atoms with E-state index in [1.165, 1.54) is 46.8 Å². The van der Waals surface area contributed by atoms with Gasteiger partial charge in [0.15, 0.2) is 0 Å². The second kappa shape index (κ2) is 20.9. The van der Waals surface area contributed by atoms with Gasteiger partial charge in [0.2, 0.25) is 47.3 Å². The van der Waals surface area contributed by atoms with Gasteiger partial charge in [-0.15, -0.1) is 0 Å². The van der Waals surface area contributed by atoms with Crippen molar-refractivity contribution in [3.63, 3.8) is 0 Å². The molecule has 1 aromatic carbocycles. The third kappa shape index (κ3) is 15.9. The van der Waals surface area contributed by atoms with Gasteiger partial charge in [-0.3, -0.25) is 38.4 Å². The van der Waals surface area contributed by atoms with E-state index in [2.05, 4.69) is 37.2 Å². The van der Waals surface area contributed by atoms with Crippen LogP contribution in [0.15, 0.2) is 24.3 Å². The second-order valence-electron chi connectivity index (χ2n) is 11.6. The second-order valence-corrected chi connectivity index (χ2v) is 11.6. The summed E-state index contributed by atoms with van der Waals surface area (Å²) in [7, 11) is 0. The number of nitrogens with one attached hydrogen (secondary N) is 7. The Hall–Kier alpha value is -5.26. The molecule has 0 aliphatic carbocycles. The molecule has 0 radical (unpaired) electrons. The summed E-state index contributed by atoms with van der Waals surface area (Å²) in [5.41, 5.74) is 11.6. The van der Waals surface area contributed by atoms with Crippen LogP contribution in [0.4, 0.5) is 0 Å². The number of amides is 8. The Morgan fingerprint density at radius 3 is 1.65 bits per heavy atom. The van der Waals surface area contributed by atoms with Crippen LogP contribution in [0.2, 0.25) is 0 Å². The highest BCUT2D eigenvalue weighted by molar-refractivity contribution is 5.96. The van der Waals surface area contributed by atoms with Crippen molar-refractivity contribution < 1.29 is 43.5 Å². The first-order valence-electron chi connectivity index (χ1n) is 15.8. The van der Waals surface area contributed by atoms with Crippen molar-refractivity contribution in [3.8, 4) is 5.75 Å². The summed E-state index contributed by atoms with van der Waals surface area (Å²) in [5, 5.41) is 26.5. The molecule has 0 bridgehead atoms.